The van der Waals surface area contributed by atoms with Gasteiger partial charge < -0.3 is 15.1 Å². The first kappa shape index (κ1) is 14.3. The lowest BCUT2D eigenvalue weighted by Gasteiger charge is -2.35. The highest BCUT2D eigenvalue weighted by Gasteiger charge is 2.36. The molecule has 18 heavy (non-hydrogen) atoms. The molecule has 0 bridgehead atoms. The van der Waals surface area contributed by atoms with Crippen molar-refractivity contribution in [3.63, 3.8) is 0 Å². The van der Waals surface area contributed by atoms with Crippen LogP contribution in [0.2, 0.25) is 0 Å². The maximum absolute atomic E-state index is 11.4. The minimum atomic E-state index is -1.04. The molecule has 0 saturated heterocycles. The molecule has 5 nitrogen and oxygen atoms in total. The van der Waals surface area contributed by atoms with E-state index < -0.39 is 17.9 Å². The zero-order valence-electron chi connectivity index (χ0n) is 11.1. The smallest absolute Gasteiger partial charge is 0.333 e. The van der Waals surface area contributed by atoms with Gasteiger partial charge in [-0.15, -0.1) is 0 Å². The number of nitrogens with zero attached hydrogens (tertiary/aromatic N) is 1. The zero-order chi connectivity index (χ0) is 14.0. The normalized spacial score (nSPS) is 17.4. The molecule has 0 saturated carbocycles. The molecule has 0 aromatic carbocycles. The Hall–Kier alpha value is -1.78. The van der Waals surface area contributed by atoms with Gasteiger partial charge in [0.25, 0.3) is 0 Å². The van der Waals surface area contributed by atoms with E-state index in [-0.39, 0.29) is 11.1 Å². The van der Waals surface area contributed by atoms with Gasteiger partial charge in [0.15, 0.2) is 0 Å². The number of allylic oxidation sites excluding steroid dienone is 2. The Labute approximate surface area is 106 Å². The van der Waals surface area contributed by atoms with Gasteiger partial charge in [-0.2, -0.15) is 0 Å². The molecular formula is C13H19NO4. The monoisotopic (exact) mass is 253 g/mol. The summed E-state index contributed by atoms with van der Waals surface area (Å²) in [6, 6.07) is 0. The van der Waals surface area contributed by atoms with E-state index in [2.05, 4.69) is 0 Å². The second-order valence-corrected chi connectivity index (χ2v) is 4.31. The van der Waals surface area contributed by atoms with Crippen LogP contribution in [0.5, 0.6) is 0 Å². The molecule has 1 aliphatic heterocycles. The first-order chi connectivity index (χ1) is 8.36. The lowest BCUT2D eigenvalue weighted by atomic mass is 9.83. The summed E-state index contributed by atoms with van der Waals surface area (Å²) in [6.07, 6.45) is 0.468. The first-order valence-corrected chi connectivity index (χ1v) is 6.02. The fraction of sp³-hybridized carbons (Fsp3) is 0.538. The van der Waals surface area contributed by atoms with Crippen LogP contribution in [-0.4, -0.2) is 33.6 Å². The van der Waals surface area contributed by atoms with Crippen LogP contribution in [0, 0.1) is 5.92 Å². The summed E-state index contributed by atoms with van der Waals surface area (Å²) < 4.78 is 0. The van der Waals surface area contributed by atoms with E-state index >= 15 is 0 Å². The van der Waals surface area contributed by atoms with Crippen molar-refractivity contribution in [3.8, 4) is 0 Å². The number of aliphatic carboxylic acids is 2. The van der Waals surface area contributed by atoms with Crippen LogP contribution >= 0.6 is 0 Å². The molecule has 1 heterocycles. The molecule has 0 aromatic rings. The van der Waals surface area contributed by atoms with Gasteiger partial charge in [0.1, 0.15) is 0 Å². The van der Waals surface area contributed by atoms with Gasteiger partial charge in [-0.05, 0) is 27.2 Å². The van der Waals surface area contributed by atoms with Crippen molar-refractivity contribution >= 4 is 11.9 Å². The van der Waals surface area contributed by atoms with Crippen molar-refractivity contribution in [2.75, 3.05) is 6.54 Å². The molecule has 0 fully saturated rings. The zero-order valence-corrected chi connectivity index (χ0v) is 11.1. The molecule has 1 rings (SSSR count). The van der Waals surface area contributed by atoms with Gasteiger partial charge >= 0.3 is 11.9 Å². The van der Waals surface area contributed by atoms with Gasteiger partial charge in [-0.3, -0.25) is 0 Å². The van der Waals surface area contributed by atoms with E-state index in [0.717, 1.165) is 0 Å². The standard InChI is InChI=1S/C13H19NO4/c1-5-9-10(12(15)16)7(3)14(6-2)8(4)11(9)13(17)18/h9H,5-6H2,1-4H3,(H,15,16)(H,17,18). The molecule has 0 aromatic heterocycles. The number of carboxylic acids is 2. The molecule has 2 N–H and O–H groups in total. The molecule has 0 atom stereocenters. The van der Waals surface area contributed by atoms with E-state index in [1.165, 1.54) is 0 Å². The van der Waals surface area contributed by atoms with E-state index in [0.29, 0.717) is 24.4 Å². The van der Waals surface area contributed by atoms with Crippen LogP contribution in [0.1, 0.15) is 34.1 Å². The Morgan fingerprint density at radius 2 is 1.44 bits per heavy atom. The van der Waals surface area contributed by atoms with Crippen LogP contribution in [-0.2, 0) is 9.59 Å². The van der Waals surface area contributed by atoms with Crippen molar-refractivity contribution in [2.45, 2.75) is 34.1 Å². The highest BCUT2D eigenvalue weighted by molar-refractivity contribution is 5.96. The molecule has 1 aliphatic rings. The van der Waals surface area contributed by atoms with Crippen LogP contribution in [0.15, 0.2) is 22.5 Å². The average Bonchev–Trinajstić information content (AvgIpc) is 2.27. The molecular weight excluding hydrogens is 234 g/mol. The summed E-state index contributed by atoms with van der Waals surface area (Å²) in [5.41, 5.74) is 1.67. The summed E-state index contributed by atoms with van der Waals surface area (Å²) >= 11 is 0. The van der Waals surface area contributed by atoms with Crippen LogP contribution in [0.3, 0.4) is 0 Å². The van der Waals surface area contributed by atoms with E-state index in [4.69, 9.17) is 0 Å². The minimum Gasteiger partial charge on any atom is -0.478 e. The van der Waals surface area contributed by atoms with Gasteiger partial charge in [0.05, 0.1) is 11.1 Å². The molecule has 0 amide bonds. The Morgan fingerprint density at radius 1 is 1.06 bits per heavy atom. The first-order valence-electron chi connectivity index (χ1n) is 6.02. The van der Waals surface area contributed by atoms with Crippen molar-refractivity contribution in [3.05, 3.63) is 22.5 Å². The Kier molecular flexibility index (Phi) is 4.16. The summed E-state index contributed by atoms with van der Waals surface area (Å²) in [5, 5.41) is 18.6. The van der Waals surface area contributed by atoms with E-state index in [9.17, 15) is 19.8 Å². The van der Waals surface area contributed by atoms with Gasteiger partial charge in [-0.25, -0.2) is 9.59 Å². The summed E-state index contributed by atoms with van der Waals surface area (Å²) in [6.45, 7) is 7.70. The van der Waals surface area contributed by atoms with E-state index in [1.807, 2.05) is 6.92 Å². The quantitative estimate of drug-likeness (QED) is 0.802. The number of rotatable bonds is 4. The van der Waals surface area contributed by atoms with Crippen LogP contribution < -0.4 is 0 Å². The Morgan fingerprint density at radius 3 is 1.67 bits per heavy atom. The summed E-state index contributed by atoms with van der Waals surface area (Å²) in [7, 11) is 0. The van der Waals surface area contributed by atoms with Crippen molar-refractivity contribution < 1.29 is 19.8 Å². The predicted octanol–water partition coefficient (Wildman–Crippen LogP) is 2.07. The summed E-state index contributed by atoms with van der Waals surface area (Å²) in [5.74, 6) is -2.61. The minimum absolute atomic E-state index is 0.197. The summed E-state index contributed by atoms with van der Waals surface area (Å²) in [4.78, 5) is 24.5. The number of carbonyl (C=O) groups is 2. The maximum atomic E-state index is 11.4. The van der Waals surface area contributed by atoms with Crippen molar-refractivity contribution in [1.82, 2.24) is 4.90 Å². The fourth-order valence-corrected chi connectivity index (χ4v) is 2.68. The topological polar surface area (TPSA) is 77.8 Å². The largest absolute Gasteiger partial charge is 0.478 e. The second kappa shape index (κ2) is 5.25. The Balaban J connectivity index is 3.48. The van der Waals surface area contributed by atoms with Crippen molar-refractivity contribution in [2.24, 2.45) is 5.92 Å². The highest BCUT2D eigenvalue weighted by atomic mass is 16.4. The van der Waals surface area contributed by atoms with Gasteiger partial charge in [0.2, 0.25) is 0 Å². The second-order valence-electron chi connectivity index (χ2n) is 4.31. The lowest BCUT2D eigenvalue weighted by Crippen LogP contribution is -2.34. The Bertz CT molecular complexity index is 410. The SMILES string of the molecule is CCC1C(C(=O)O)=C(C)N(CC)C(C)=C1C(=O)O. The maximum Gasteiger partial charge on any atom is 0.333 e. The molecule has 5 heteroatoms. The fourth-order valence-electron chi connectivity index (χ4n) is 2.68. The number of carboxylic acid groups (broad SMARTS) is 2. The lowest BCUT2D eigenvalue weighted by molar-refractivity contribution is -0.134. The van der Waals surface area contributed by atoms with E-state index in [1.54, 1.807) is 25.7 Å². The predicted molar refractivity (Wildman–Crippen MR) is 66.8 cm³/mol. The van der Waals surface area contributed by atoms with Crippen LogP contribution in [0.25, 0.3) is 0 Å². The number of hydrogen-bond donors (Lipinski definition) is 2. The van der Waals surface area contributed by atoms with Crippen molar-refractivity contribution in [1.29, 1.82) is 0 Å². The van der Waals surface area contributed by atoms with Crippen LogP contribution in [0.4, 0.5) is 0 Å². The highest BCUT2D eigenvalue weighted by Crippen LogP contribution is 2.37. The third kappa shape index (κ3) is 2.12. The average molecular weight is 253 g/mol. The van der Waals surface area contributed by atoms with Gasteiger partial charge in [0, 0.05) is 23.9 Å². The molecule has 0 aliphatic carbocycles. The third-order valence-corrected chi connectivity index (χ3v) is 3.47. The molecule has 0 radical (unpaired) electrons. The molecule has 0 unspecified atom stereocenters. The molecule has 100 valence electrons. The number of hydrogen-bond acceptors (Lipinski definition) is 3. The van der Waals surface area contributed by atoms with Gasteiger partial charge in [-0.1, -0.05) is 6.92 Å². The third-order valence-electron chi connectivity index (χ3n) is 3.47. The molecule has 0 spiro atoms.